The molecule has 0 aliphatic heterocycles. The van der Waals surface area contributed by atoms with Gasteiger partial charge >= 0.3 is 0 Å². The van der Waals surface area contributed by atoms with Gasteiger partial charge in [0.2, 0.25) is 0 Å². The highest BCUT2D eigenvalue weighted by Crippen LogP contribution is 2.08. The highest BCUT2D eigenvalue weighted by Gasteiger charge is 2.06. The summed E-state index contributed by atoms with van der Waals surface area (Å²) in [6, 6.07) is 0.350. The maximum absolute atomic E-state index is 11.2. The van der Waals surface area contributed by atoms with Gasteiger partial charge < -0.3 is 9.32 Å². The predicted molar refractivity (Wildman–Crippen MR) is 46.6 cm³/mol. The fourth-order valence-corrected chi connectivity index (χ4v) is 0.749. The van der Waals surface area contributed by atoms with Crippen LogP contribution in [0.2, 0.25) is 0 Å². The number of aromatic nitrogens is 1. The molecule has 0 saturated carbocycles. The number of rotatable bonds is 1. The van der Waals surface area contributed by atoms with Gasteiger partial charge in [0.25, 0.3) is 11.6 Å². The molecule has 0 unspecified atom stereocenters. The molecule has 0 fully saturated rings. The monoisotopic (exact) mass is 168 g/mol. The van der Waals surface area contributed by atoms with Crippen molar-refractivity contribution in [2.24, 2.45) is 0 Å². The average Bonchev–Trinajstić information content (AvgIpc) is 1.99. The smallest absolute Gasteiger partial charge is 0.300 e. The summed E-state index contributed by atoms with van der Waals surface area (Å²) in [6.07, 6.45) is 0. The van der Waals surface area contributed by atoms with Crippen LogP contribution in [-0.2, 0) is 0 Å². The van der Waals surface area contributed by atoms with Crippen LogP contribution in [0, 0.1) is 13.8 Å². The Morgan fingerprint density at radius 2 is 1.92 bits per heavy atom. The van der Waals surface area contributed by atoms with E-state index in [1.54, 1.807) is 32.8 Å². The van der Waals surface area contributed by atoms with Gasteiger partial charge in [0, 0.05) is 14.1 Å². The molecule has 1 aromatic heterocycles. The fourth-order valence-electron chi connectivity index (χ4n) is 0.749. The molecular formula is C8H12N2O2. The lowest BCUT2D eigenvalue weighted by atomic mass is 10.3. The molecule has 0 spiro atoms. The van der Waals surface area contributed by atoms with E-state index in [9.17, 15) is 4.79 Å². The molecule has 4 heteroatoms. The van der Waals surface area contributed by atoms with Crippen molar-refractivity contribution in [2.45, 2.75) is 13.8 Å². The van der Waals surface area contributed by atoms with Crippen LogP contribution in [0.1, 0.15) is 11.3 Å². The van der Waals surface area contributed by atoms with Crippen LogP contribution in [0.4, 0.5) is 6.01 Å². The summed E-state index contributed by atoms with van der Waals surface area (Å²) in [5, 5.41) is 0. The van der Waals surface area contributed by atoms with E-state index in [4.69, 9.17) is 4.42 Å². The molecular weight excluding hydrogens is 156 g/mol. The van der Waals surface area contributed by atoms with E-state index in [-0.39, 0.29) is 5.56 Å². The molecule has 0 radical (unpaired) electrons. The zero-order valence-electron chi connectivity index (χ0n) is 7.71. The zero-order chi connectivity index (χ0) is 9.30. The molecule has 1 rings (SSSR count). The highest BCUT2D eigenvalue weighted by molar-refractivity contribution is 5.24. The summed E-state index contributed by atoms with van der Waals surface area (Å²) >= 11 is 0. The Balaban J connectivity index is 3.31. The van der Waals surface area contributed by atoms with E-state index >= 15 is 0 Å². The first-order chi connectivity index (χ1) is 5.52. The van der Waals surface area contributed by atoms with E-state index in [0.717, 1.165) is 0 Å². The van der Waals surface area contributed by atoms with E-state index in [0.29, 0.717) is 17.3 Å². The van der Waals surface area contributed by atoms with E-state index < -0.39 is 0 Å². The van der Waals surface area contributed by atoms with Crippen molar-refractivity contribution in [3.63, 3.8) is 0 Å². The number of hydrogen-bond donors (Lipinski definition) is 0. The van der Waals surface area contributed by atoms with Crippen LogP contribution in [0.3, 0.4) is 0 Å². The summed E-state index contributed by atoms with van der Waals surface area (Å²) < 4.78 is 5.27. The van der Waals surface area contributed by atoms with E-state index in [1.807, 2.05) is 0 Å². The predicted octanol–water partition coefficient (Wildman–Crippen LogP) is 0.718. The third-order valence-corrected chi connectivity index (χ3v) is 1.67. The minimum absolute atomic E-state index is 0.220. The number of hydrogen-bond acceptors (Lipinski definition) is 4. The van der Waals surface area contributed by atoms with Crippen molar-refractivity contribution in [1.29, 1.82) is 0 Å². The molecule has 66 valence electrons. The maximum Gasteiger partial charge on any atom is 0.300 e. The van der Waals surface area contributed by atoms with Gasteiger partial charge in [-0.1, -0.05) is 0 Å². The van der Waals surface area contributed by atoms with Gasteiger partial charge in [0.15, 0.2) is 0 Å². The third kappa shape index (κ3) is 1.47. The van der Waals surface area contributed by atoms with Crippen LogP contribution in [-0.4, -0.2) is 19.1 Å². The highest BCUT2D eigenvalue weighted by atomic mass is 16.4. The van der Waals surface area contributed by atoms with Gasteiger partial charge in [-0.05, 0) is 13.8 Å². The molecule has 0 aliphatic carbocycles. The molecule has 0 saturated heterocycles. The molecule has 1 aromatic rings. The lowest BCUT2D eigenvalue weighted by molar-refractivity contribution is 0.489. The first kappa shape index (κ1) is 8.77. The lowest BCUT2D eigenvalue weighted by Crippen LogP contribution is -2.18. The van der Waals surface area contributed by atoms with Crippen molar-refractivity contribution in [2.75, 3.05) is 19.0 Å². The van der Waals surface area contributed by atoms with Gasteiger partial charge in [-0.3, -0.25) is 4.79 Å². The second-order valence-corrected chi connectivity index (χ2v) is 2.88. The van der Waals surface area contributed by atoms with Crippen molar-refractivity contribution < 1.29 is 4.42 Å². The van der Waals surface area contributed by atoms with Crippen LogP contribution < -0.4 is 10.5 Å². The standard InChI is InChI=1S/C8H12N2O2/c1-5-6(2)12-8(10(3)4)9-7(5)11/h1-4H3. The summed E-state index contributed by atoms with van der Waals surface area (Å²) in [4.78, 5) is 16.6. The van der Waals surface area contributed by atoms with Crippen LogP contribution in [0.15, 0.2) is 9.21 Å². The molecule has 4 nitrogen and oxygen atoms in total. The van der Waals surface area contributed by atoms with Gasteiger partial charge in [-0.25, -0.2) is 0 Å². The lowest BCUT2D eigenvalue weighted by Gasteiger charge is -2.09. The Labute approximate surface area is 70.8 Å². The van der Waals surface area contributed by atoms with E-state index in [1.165, 1.54) is 0 Å². The van der Waals surface area contributed by atoms with Gasteiger partial charge in [-0.15, -0.1) is 0 Å². The Bertz CT molecular complexity index is 341. The normalized spacial score (nSPS) is 10.0. The van der Waals surface area contributed by atoms with Crippen LogP contribution in [0.25, 0.3) is 0 Å². The van der Waals surface area contributed by atoms with Crippen molar-refractivity contribution in [3.8, 4) is 0 Å². The molecule has 0 N–H and O–H groups in total. The minimum Gasteiger partial charge on any atom is -0.430 e. The topological polar surface area (TPSA) is 46.3 Å². The van der Waals surface area contributed by atoms with Crippen molar-refractivity contribution in [1.82, 2.24) is 4.98 Å². The molecule has 0 aromatic carbocycles. The summed E-state index contributed by atoms with van der Waals surface area (Å²) in [5.41, 5.74) is 0.350. The minimum atomic E-state index is -0.220. The molecule has 0 bridgehead atoms. The molecule has 0 atom stereocenters. The number of aryl methyl sites for hydroxylation is 1. The molecule has 0 amide bonds. The third-order valence-electron chi connectivity index (χ3n) is 1.67. The quantitative estimate of drug-likeness (QED) is 0.619. The SMILES string of the molecule is Cc1oc(N(C)C)nc(=O)c1C. The molecule has 0 aliphatic rings. The number of anilines is 1. The first-order valence-electron chi connectivity index (χ1n) is 3.68. The van der Waals surface area contributed by atoms with Crippen LogP contribution >= 0.6 is 0 Å². The Morgan fingerprint density at radius 1 is 1.33 bits per heavy atom. The average molecular weight is 168 g/mol. The van der Waals surface area contributed by atoms with Gasteiger partial charge in [0.1, 0.15) is 5.76 Å². The molecule has 1 heterocycles. The van der Waals surface area contributed by atoms with E-state index in [2.05, 4.69) is 4.98 Å². The summed E-state index contributed by atoms with van der Waals surface area (Å²) in [7, 11) is 3.56. The number of nitrogens with zero attached hydrogens (tertiary/aromatic N) is 2. The summed E-state index contributed by atoms with van der Waals surface area (Å²) in [5.74, 6) is 0.624. The fraction of sp³-hybridized carbons (Fsp3) is 0.500. The Kier molecular flexibility index (Phi) is 2.17. The second-order valence-electron chi connectivity index (χ2n) is 2.88. The van der Waals surface area contributed by atoms with Crippen molar-refractivity contribution >= 4 is 6.01 Å². The first-order valence-corrected chi connectivity index (χ1v) is 3.68. The van der Waals surface area contributed by atoms with Gasteiger partial charge in [-0.2, -0.15) is 4.98 Å². The Hall–Kier alpha value is -1.32. The molecule has 12 heavy (non-hydrogen) atoms. The maximum atomic E-state index is 11.2. The summed E-state index contributed by atoms with van der Waals surface area (Å²) in [6.45, 7) is 3.46. The Morgan fingerprint density at radius 3 is 2.33 bits per heavy atom. The zero-order valence-corrected chi connectivity index (χ0v) is 7.71. The largest absolute Gasteiger partial charge is 0.430 e. The van der Waals surface area contributed by atoms with Crippen molar-refractivity contribution in [3.05, 3.63) is 21.7 Å². The second kappa shape index (κ2) is 2.97. The van der Waals surface area contributed by atoms with Gasteiger partial charge in [0.05, 0.1) is 5.56 Å². The van der Waals surface area contributed by atoms with Crippen LogP contribution in [0.5, 0.6) is 0 Å².